The first-order chi connectivity index (χ1) is 44.3. The highest BCUT2D eigenvalue weighted by atomic mass is 32.2. The molecule has 1 aromatic carbocycles. The molecule has 23 nitrogen and oxygen atoms in total. The van der Waals surface area contributed by atoms with Crippen LogP contribution in [0, 0.1) is 11.3 Å². The minimum atomic E-state index is -3.40. The number of hydrogen-bond donors (Lipinski definition) is 6. The van der Waals surface area contributed by atoms with Gasteiger partial charge < -0.3 is 50.3 Å². The van der Waals surface area contributed by atoms with E-state index in [4.69, 9.17) is 19.5 Å². The number of hydrogen-bond acceptors (Lipinski definition) is 19. The van der Waals surface area contributed by atoms with Crippen LogP contribution in [0.15, 0.2) is 63.2 Å². The van der Waals surface area contributed by atoms with Crippen LogP contribution >= 0.6 is 22.7 Å². The highest BCUT2D eigenvalue weighted by molar-refractivity contribution is 7.89. The molecule has 6 heterocycles. The maximum atomic E-state index is 15.3. The lowest BCUT2D eigenvalue weighted by Gasteiger charge is -2.43. The fourth-order valence-electron chi connectivity index (χ4n) is 14.4. The smallest absolute Gasteiger partial charge is 0.288 e. The van der Waals surface area contributed by atoms with Crippen molar-refractivity contribution in [1.82, 2.24) is 50.3 Å². The van der Waals surface area contributed by atoms with E-state index in [-0.39, 0.29) is 92.5 Å². The molecule has 4 amide bonds. The van der Waals surface area contributed by atoms with Crippen molar-refractivity contribution >= 4 is 78.4 Å². The van der Waals surface area contributed by atoms with Crippen molar-refractivity contribution in [2.24, 2.45) is 9.98 Å². The second-order valence-electron chi connectivity index (χ2n) is 26.3. The summed E-state index contributed by atoms with van der Waals surface area (Å²) in [7, 11) is -6.75. The second-order valence-corrected chi connectivity index (χ2v) is 32.1. The minimum Gasteiger partial charge on any atom is -0.457 e. The van der Waals surface area contributed by atoms with Gasteiger partial charge >= 0.3 is 0 Å². The van der Waals surface area contributed by atoms with Crippen molar-refractivity contribution < 1.29 is 45.5 Å². The van der Waals surface area contributed by atoms with E-state index in [0.717, 1.165) is 105 Å². The second kappa shape index (κ2) is 32.1. The Morgan fingerprint density at radius 3 is 1.80 bits per heavy atom. The van der Waals surface area contributed by atoms with Gasteiger partial charge in [0.15, 0.2) is 6.10 Å². The number of sulfonamides is 2. The summed E-state index contributed by atoms with van der Waals surface area (Å²) in [6.45, 7) is 5.41. The number of rotatable bonds is 26. The molecule has 92 heavy (non-hydrogen) atoms. The quantitative estimate of drug-likeness (QED) is 0.0506. The number of thiophene rings is 2. The zero-order valence-corrected chi connectivity index (χ0v) is 56.9. The molecular formula is C65H95N13O10S4. The Hall–Kier alpha value is -5.73. The molecule has 0 radical (unpaired) electrons. The summed E-state index contributed by atoms with van der Waals surface area (Å²) >= 11 is 3.09. The van der Waals surface area contributed by atoms with Gasteiger partial charge in [0.25, 0.3) is 12.0 Å². The Morgan fingerprint density at radius 1 is 0.696 bits per heavy atom. The van der Waals surface area contributed by atoms with Gasteiger partial charge in [-0.15, -0.1) is 22.7 Å². The van der Waals surface area contributed by atoms with Crippen LogP contribution in [0.3, 0.4) is 0 Å². The monoisotopic (exact) mass is 1350 g/mol. The highest BCUT2D eigenvalue weighted by Crippen LogP contribution is 2.39. The maximum absolute atomic E-state index is 15.3. The molecule has 8 atom stereocenters. The van der Waals surface area contributed by atoms with Crippen LogP contribution in [0.2, 0.25) is 0 Å². The zero-order chi connectivity index (χ0) is 64.8. The number of unbranched alkanes of at least 4 members (excludes halogenated alkanes) is 2. The SMILES string of the molecule is C[C@@H]1N=C(N2CCN(C(=O)[C@@H](CCCCNS(C)(=O)=O)NC3CCCCC3)[C@H](C(=O)NCc3cccs3)C2)O[C@H]1c1ccc(C2CCCC(N[C@H](CCCCNS(C)(=O)=O)C(=O)N3CCN(C4=NCC5(CCCCC5)O4)C[C@H]3C(=O)NCc3cccs3)C2)cc1C#N. The predicted octanol–water partition coefficient (Wildman–Crippen LogP) is 5.96. The van der Waals surface area contributed by atoms with Gasteiger partial charge in [-0.05, 0) is 131 Å². The van der Waals surface area contributed by atoms with E-state index < -0.39 is 50.3 Å². The molecule has 7 aliphatic rings. The topological polar surface area (TPSA) is 289 Å². The Kier molecular flexibility index (Phi) is 24.1. The van der Waals surface area contributed by atoms with E-state index in [1.165, 1.54) is 17.8 Å². The van der Waals surface area contributed by atoms with Gasteiger partial charge in [0.1, 0.15) is 17.7 Å². The highest BCUT2D eigenvalue weighted by Gasteiger charge is 2.46. The van der Waals surface area contributed by atoms with Gasteiger partial charge in [-0.25, -0.2) is 36.3 Å². The molecule has 27 heteroatoms. The molecule has 504 valence electrons. The fourth-order valence-corrected chi connectivity index (χ4v) is 16.7. The third-order valence-corrected chi connectivity index (χ3v) is 22.6. The molecule has 10 rings (SSSR count). The van der Waals surface area contributed by atoms with Crippen LogP contribution < -0.4 is 30.7 Å². The molecule has 2 saturated heterocycles. The molecule has 4 aliphatic heterocycles. The number of amides is 4. The number of nitrogens with zero attached hydrogens (tertiary/aromatic N) is 7. The fraction of sp³-hybridized carbons (Fsp3) is 0.677. The number of carbonyl (C=O) groups excluding carboxylic acids is 4. The summed E-state index contributed by atoms with van der Waals surface area (Å²) in [4.78, 5) is 78.2. The minimum absolute atomic E-state index is 0.0565. The first kappa shape index (κ1) is 69.1. The van der Waals surface area contributed by atoms with Gasteiger partial charge in [-0.1, -0.05) is 69.2 Å². The molecular weight excluding hydrogens is 1250 g/mol. The lowest BCUT2D eigenvalue weighted by molar-refractivity contribution is -0.145. The maximum Gasteiger partial charge on any atom is 0.288 e. The van der Waals surface area contributed by atoms with Crippen molar-refractivity contribution in [3.63, 3.8) is 0 Å². The third-order valence-electron chi connectivity index (χ3n) is 19.4. The first-order valence-corrected chi connectivity index (χ1v) is 39.0. The molecule has 5 fully saturated rings. The summed E-state index contributed by atoms with van der Waals surface area (Å²) in [6, 6.07) is 14.0. The van der Waals surface area contributed by atoms with Crippen molar-refractivity contribution in [2.75, 3.05) is 71.4 Å². The number of aliphatic imine (C=N–C) groups is 2. The Labute approximate surface area is 551 Å². The summed E-state index contributed by atoms with van der Waals surface area (Å²) in [5.41, 5.74) is 1.86. The van der Waals surface area contributed by atoms with Crippen LogP contribution in [0.25, 0.3) is 0 Å². The van der Waals surface area contributed by atoms with Crippen molar-refractivity contribution in [3.8, 4) is 6.07 Å². The third kappa shape index (κ3) is 18.8. The van der Waals surface area contributed by atoms with Gasteiger partial charge in [-0.2, -0.15) is 5.26 Å². The number of nitriles is 1. The predicted molar refractivity (Wildman–Crippen MR) is 357 cm³/mol. The van der Waals surface area contributed by atoms with Crippen molar-refractivity contribution in [3.05, 3.63) is 79.7 Å². The van der Waals surface area contributed by atoms with E-state index in [1.807, 2.05) is 63.9 Å². The molecule has 6 N–H and O–H groups in total. The molecule has 1 spiro atoms. The average Bonchev–Trinajstić information content (AvgIpc) is 1.58. The number of amidine groups is 2. The lowest BCUT2D eigenvalue weighted by atomic mass is 9.80. The number of piperazine rings is 2. The summed E-state index contributed by atoms with van der Waals surface area (Å²) in [5, 5.41) is 28.5. The van der Waals surface area contributed by atoms with Crippen LogP contribution in [0.4, 0.5) is 0 Å². The van der Waals surface area contributed by atoms with Crippen LogP contribution in [0.1, 0.15) is 174 Å². The normalized spacial score (nSPS) is 24.5. The molecule has 0 bridgehead atoms. The lowest BCUT2D eigenvalue weighted by Crippen LogP contribution is -2.64. The molecule has 3 aromatic rings. The van der Waals surface area contributed by atoms with Crippen LogP contribution in [-0.4, -0.2) is 191 Å². The summed E-state index contributed by atoms with van der Waals surface area (Å²) in [5.74, 6) is -0.818. The Bertz CT molecular complexity index is 3310. The molecule has 3 saturated carbocycles. The molecule has 3 aliphatic carbocycles. The summed E-state index contributed by atoms with van der Waals surface area (Å²) in [6.07, 6.45) is 18.6. The van der Waals surface area contributed by atoms with Crippen LogP contribution in [0.5, 0.6) is 0 Å². The van der Waals surface area contributed by atoms with Gasteiger partial charge in [0, 0.05) is 66.7 Å². The van der Waals surface area contributed by atoms with Crippen molar-refractivity contribution in [2.45, 2.75) is 208 Å². The number of carbonyl (C=O) groups is 4. The molecule has 2 unspecified atom stereocenters. The van der Waals surface area contributed by atoms with E-state index in [1.54, 1.807) is 21.1 Å². The van der Waals surface area contributed by atoms with E-state index in [0.29, 0.717) is 101 Å². The number of nitrogens with one attached hydrogen (secondary N) is 6. The zero-order valence-electron chi connectivity index (χ0n) is 53.7. The van der Waals surface area contributed by atoms with E-state index >= 15 is 4.79 Å². The van der Waals surface area contributed by atoms with Gasteiger partial charge in [0.2, 0.25) is 43.7 Å². The number of benzene rings is 1. The van der Waals surface area contributed by atoms with Crippen LogP contribution in [-0.2, 0) is 61.8 Å². The Balaban J connectivity index is 0.811. The van der Waals surface area contributed by atoms with Gasteiger partial charge in [-0.3, -0.25) is 19.2 Å². The van der Waals surface area contributed by atoms with Crippen molar-refractivity contribution in [1.29, 1.82) is 5.26 Å². The standard InChI is InChI=1S/C65H95N13O10S4/c1-45-58(87-64(72-45)76-32-34-78(57(43-76)60(80)68-41-52-22-16-36-90-52)61(81)54(73-49-18-6-4-7-19-49)23-8-12-29-70-91(2,83)84)53-26-25-47(37-48(53)39-66)46-17-14-20-50(38-46)74-55(24-9-13-30-71-92(3,85)86)62(82)77-33-31-75(63-69-44-65(88-63)27-10-5-11-28-65)42-56(77)59(79)67-40-51-21-15-35-89-51/h15-16,21-22,25-26,35-37,45-46,49-50,54-58,70-71,73-74H,4-14,17-20,23-24,27-34,38,40-44H2,1-3H3,(H,67,79)(H,68,80)/t45-,46?,50?,54+,55+,56-,57-,58+/m0/s1. The van der Waals surface area contributed by atoms with E-state index in [2.05, 4.69) is 42.8 Å². The number of ether oxygens (including phenoxy) is 2. The van der Waals surface area contributed by atoms with Gasteiger partial charge in [0.05, 0.1) is 75.0 Å². The summed E-state index contributed by atoms with van der Waals surface area (Å²) < 4.78 is 66.1. The van der Waals surface area contributed by atoms with E-state index in [9.17, 15) is 36.5 Å². The Morgan fingerprint density at radius 2 is 1.25 bits per heavy atom. The largest absolute Gasteiger partial charge is 0.457 e. The molecule has 2 aromatic heterocycles. The average molecular weight is 1350 g/mol. The first-order valence-electron chi connectivity index (χ1n) is 33.4.